The Morgan fingerprint density at radius 1 is 1.37 bits per heavy atom. The van der Waals surface area contributed by atoms with Gasteiger partial charge >= 0.3 is 0 Å². The van der Waals surface area contributed by atoms with Crippen LogP contribution in [0.3, 0.4) is 0 Å². The highest BCUT2D eigenvalue weighted by Crippen LogP contribution is 2.52. The molecule has 0 saturated carbocycles. The zero-order valence-corrected chi connectivity index (χ0v) is 17.0. The molecule has 0 aliphatic carbocycles. The maximum atomic E-state index is 14.6. The number of ether oxygens (including phenoxy) is 2. The van der Waals surface area contributed by atoms with Gasteiger partial charge in [-0.1, -0.05) is 12.2 Å². The molecule has 2 amide bonds. The van der Waals surface area contributed by atoms with E-state index in [9.17, 15) is 14.0 Å². The average molecular weight is 415 g/mol. The lowest BCUT2D eigenvalue weighted by Crippen LogP contribution is -2.41. The molecule has 5 rings (SSSR count). The van der Waals surface area contributed by atoms with Crippen LogP contribution in [0.5, 0.6) is 0 Å². The van der Waals surface area contributed by atoms with Gasteiger partial charge in [0.05, 0.1) is 36.8 Å². The van der Waals surface area contributed by atoms with Crippen LogP contribution in [-0.4, -0.2) is 68.3 Å². The number of carbonyl (C=O) groups excluding carboxylic acids is 2. The van der Waals surface area contributed by atoms with Crippen LogP contribution < -0.4 is 10.2 Å². The maximum absolute atomic E-state index is 14.6. The van der Waals surface area contributed by atoms with E-state index in [-0.39, 0.29) is 17.6 Å². The van der Waals surface area contributed by atoms with Crippen LogP contribution in [0.4, 0.5) is 15.8 Å². The molecule has 7 nitrogen and oxygen atoms in total. The summed E-state index contributed by atoms with van der Waals surface area (Å²) < 4.78 is 25.8. The molecule has 160 valence electrons. The topological polar surface area (TPSA) is 71.1 Å². The number of methoxy groups -OCH3 is 1. The third kappa shape index (κ3) is 3.01. The number of nitrogens with one attached hydrogen (secondary N) is 1. The van der Waals surface area contributed by atoms with Crippen LogP contribution in [-0.2, 0) is 19.1 Å². The van der Waals surface area contributed by atoms with E-state index in [1.807, 2.05) is 17.1 Å². The van der Waals surface area contributed by atoms with Crippen LogP contribution in [0.15, 0.2) is 30.4 Å². The zero-order chi connectivity index (χ0) is 20.9. The predicted molar refractivity (Wildman–Crippen MR) is 109 cm³/mol. The van der Waals surface area contributed by atoms with Crippen molar-refractivity contribution in [3.63, 3.8) is 0 Å². The van der Waals surface area contributed by atoms with E-state index in [1.54, 1.807) is 24.1 Å². The smallest absolute Gasteiger partial charge is 0.231 e. The number of fused-ring (bicyclic) bond motifs is 1. The Bertz CT molecular complexity index is 900. The summed E-state index contributed by atoms with van der Waals surface area (Å²) in [6.45, 7) is 3.02. The Morgan fingerprint density at radius 3 is 2.90 bits per heavy atom. The van der Waals surface area contributed by atoms with Crippen molar-refractivity contribution in [3.05, 3.63) is 36.2 Å². The van der Waals surface area contributed by atoms with Crippen LogP contribution >= 0.6 is 0 Å². The van der Waals surface area contributed by atoms with E-state index >= 15 is 0 Å². The molecule has 1 spiro atoms. The van der Waals surface area contributed by atoms with Gasteiger partial charge in [0.25, 0.3) is 0 Å². The van der Waals surface area contributed by atoms with Crippen molar-refractivity contribution in [1.82, 2.24) is 4.90 Å². The van der Waals surface area contributed by atoms with Gasteiger partial charge in [-0.15, -0.1) is 0 Å². The molecule has 4 aliphatic rings. The number of benzene rings is 1. The van der Waals surface area contributed by atoms with Gasteiger partial charge in [0, 0.05) is 32.4 Å². The van der Waals surface area contributed by atoms with Crippen LogP contribution in [0.25, 0.3) is 0 Å². The van der Waals surface area contributed by atoms with E-state index in [1.165, 1.54) is 6.07 Å². The van der Waals surface area contributed by atoms with Gasteiger partial charge in [-0.2, -0.15) is 0 Å². The molecule has 1 N–H and O–H groups in total. The SMILES string of the molecule is COCCN1C[C@@]23C=C[C@@H](O2)[C@H](C(=O)Nc2ccc(N4CCCC4)c(F)c2)[C@H]3C1=O. The van der Waals surface area contributed by atoms with Crippen molar-refractivity contribution in [2.45, 2.75) is 24.5 Å². The summed E-state index contributed by atoms with van der Waals surface area (Å²) in [4.78, 5) is 29.8. The summed E-state index contributed by atoms with van der Waals surface area (Å²) in [6, 6.07) is 4.78. The van der Waals surface area contributed by atoms with Gasteiger partial charge in [-0.3, -0.25) is 9.59 Å². The minimum absolute atomic E-state index is 0.0883. The fraction of sp³-hybridized carbons (Fsp3) is 0.545. The number of amides is 2. The highest BCUT2D eigenvalue weighted by Gasteiger charge is 2.66. The lowest BCUT2D eigenvalue weighted by Gasteiger charge is -2.24. The molecule has 8 heteroatoms. The summed E-state index contributed by atoms with van der Waals surface area (Å²) in [7, 11) is 1.59. The lowest BCUT2D eigenvalue weighted by atomic mass is 9.77. The highest BCUT2D eigenvalue weighted by molar-refractivity contribution is 5.99. The lowest BCUT2D eigenvalue weighted by molar-refractivity contribution is -0.136. The number of hydrogen-bond acceptors (Lipinski definition) is 5. The Morgan fingerprint density at radius 2 is 2.17 bits per heavy atom. The number of hydrogen-bond donors (Lipinski definition) is 1. The van der Waals surface area contributed by atoms with E-state index in [4.69, 9.17) is 9.47 Å². The standard InChI is InChI=1S/C22H26FN3O4/c1-29-11-10-26-13-22-7-6-17(30-22)18(19(22)21(26)28)20(27)24-14-4-5-16(15(23)12-14)25-8-2-3-9-25/h4-7,12,17-19H,2-3,8-11,13H2,1H3,(H,24,27)/t17-,18+,19+,22-/m1/s1. The Hall–Kier alpha value is -2.45. The van der Waals surface area contributed by atoms with Gasteiger partial charge < -0.3 is 24.6 Å². The first kappa shape index (κ1) is 19.5. The molecule has 3 saturated heterocycles. The molecule has 3 fully saturated rings. The van der Waals surface area contributed by atoms with E-state index < -0.39 is 23.5 Å². The number of rotatable bonds is 6. The first-order valence-electron chi connectivity index (χ1n) is 10.5. The molecular weight excluding hydrogens is 389 g/mol. The average Bonchev–Trinajstić information content (AvgIpc) is 3.49. The monoisotopic (exact) mass is 415 g/mol. The zero-order valence-electron chi connectivity index (χ0n) is 17.0. The molecule has 1 aromatic carbocycles. The quantitative estimate of drug-likeness (QED) is 0.718. The first-order chi connectivity index (χ1) is 14.5. The fourth-order valence-corrected chi connectivity index (χ4v) is 5.29. The molecule has 2 bridgehead atoms. The Balaban J connectivity index is 1.32. The summed E-state index contributed by atoms with van der Waals surface area (Å²) in [5, 5.41) is 2.81. The minimum atomic E-state index is -0.748. The molecule has 4 aliphatic heterocycles. The normalized spacial score (nSPS) is 31.7. The van der Waals surface area contributed by atoms with E-state index in [0.29, 0.717) is 31.1 Å². The van der Waals surface area contributed by atoms with Gasteiger partial charge in [0.15, 0.2) is 0 Å². The van der Waals surface area contributed by atoms with Crippen LogP contribution in [0.2, 0.25) is 0 Å². The molecule has 0 radical (unpaired) electrons. The molecule has 4 atom stereocenters. The second-order valence-electron chi connectivity index (χ2n) is 8.50. The molecule has 30 heavy (non-hydrogen) atoms. The predicted octanol–water partition coefficient (Wildman–Crippen LogP) is 1.79. The number of anilines is 2. The minimum Gasteiger partial charge on any atom is -0.383 e. The van der Waals surface area contributed by atoms with Crippen molar-refractivity contribution in [2.75, 3.05) is 50.1 Å². The fourth-order valence-electron chi connectivity index (χ4n) is 5.29. The van der Waals surface area contributed by atoms with Crippen molar-refractivity contribution in [1.29, 1.82) is 0 Å². The summed E-state index contributed by atoms with van der Waals surface area (Å²) in [5.41, 5.74) is 0.209. The first-order valence-corrected chi connectivity index (χ1v) is 10.5. The largest absolute Gasteiger partial charge is 0.383 e. The van der Waals surface area contributed by atoms with E-state index in [2.05, 4.69) is 5.32 Å². The van der Waals surface area contributed by atoms with Crippen molar-refractivity contribution >= 4 is 23.2 Å². The van der Waals surface area contributed by atoms with E-state index in [0.717, 1.165) is 25.9 Å². The number of halogens is 1. The molecule has 4 heterocycles. The van der Waals surface area contributed by atoms with Gasteiger partial charge in [0.2, 0.25) is 11.8 Å². The molecule has 0 unspecified atom stereocenters. The summed E-state index contributed by atoms with van der Waals surface area (Å²) in [5.74, 6) is -1.94. The second kappa shape index (κ2) is 7.35. The Kier molecular flexibility index (Phi) is 4.78. The Labute approximate surface area is 174 Å². The van der Waals surface area contributed by atoms with Crippen LogP contribution in [0.1, 0.15) is 12.8 Å². The third-order valence-corrected chi connectivity index (χ3v) is 6.71. The number of likely N-dealkylation sites (tertiary alicyclic amines) is 1. The van der Waals surface area contributed by atoms with Crippen molar-refractivity contribution in [2.24, 2.45) is 11.8 Å². The van der Waals surface area contributed by atoms with Gasteiger partial charge in [0.1, 0.15) is 11.4 Å². The van der Waals surface area contributed by atoms with Gasteiger partial charge in [-0.05, 0) is 31.0 Å². The third-order valence-electron chi connectivity index (χ3n) is 6.71. The van der Waals surface area contributed by atoms with Crippen molar-refractivity contribution in [3.8, 4) is 0 Å². The highest BCUT2D eigenvalue weighted by atomic mass is 19.1. The molecule has 1 aromatic rings. The molecular formula is C22H26FN3O4. The maximum Gasteiger partial charge on any atom is 0.231 e. The number of carbonyl (C=O) groups is 2. The van der Waals surface area contributed by atoms with Gasteiger partial charge in [-0.25, -0.2) is 4.39 Å². The van der Waals surface area contributed by atoms with Crippen LogP contribution in [0, 0.1) is 17.7 Å². The summed E-state index contributed by atoms with van der Waals surface area (Å²) >= 11 is 0. The second-order valence-corrected chi connectivity index (χ2v) is 8.50. The number of nitrogens with zero attached hydrogens (tertiary/aromatic N) is 2. The van der Waals surface area contributed by atoms with Crippen molar-refractivity contribution < 1.29 is 23.5 Å². The summed E-state index contributed by atoms with van der Waals surface area (Å²) in [6.07, 6.45) is 5.48. The molecule has 0 aromatic heterocycles.